The Morgan fingerprint density at radius 1 is 1.23 bits per heavy atom. The second-order valence-corrected chi connectivity index (χ2v) is 6.48. The molecule has 0 spiro atoms. The molecule has 1 aromatic carbocycles. The van der Waals surface area contributed by atoms with Crippen molar-refractivity contribution < 1.29 is 24.5 Å². The van der Waals surface area contributed by atoms with Crippen molar-refractivity contribution in [2.45, 2.75) is 25.7 Å². The predicted octanol–water partition coefficient (Wildman–Crippen LogP) is 1.37. The van der Waals surface area contributed by atoms with Gasteiger partial charge in [0.2, 0.25) is 5.82 Å². The molecule has 10 heteroatoms. The average molecular weight is 413 g/mol. The van der Waals surface area contributed by atoms with Crippen molar-refractivity contribution >= 4 is 23.0 Å². The van der Waals surface area contributed by atoms with Crippen LogP contribution in [-0.4, -0.2) is 54.0 Å². The molecule has 2 aromatic heterocycles. The molecule has 0 saturated heterocycles. The maximum atomic E-state index is 13.0. The quantitative estimate of drug-likeness (QED) is 0.445. The maximum absolute atomic E-state index is 13.0. The Hall–Kier alpha value is -3.55. The van der Waals surface area contributed by atoms with Gasteiger partial charge in [0.05, 0.1) is 12.2 Å². The Labute approximate surface area is 171 Å². The highest BCUT2D eigenvalue weighted by Crippen LogP contribution is 2.25. The summed E-state index contributed by atoms with van der Waals surface area (Å²) in [4.78, 5) is 24.0. The lowest BCUT2D eigenvalue weighted by Gasteiger charge is -2.23. The van der Waals surface area contributed by atoms with E-state index < -0.39 is 24.2 Å². The number of hydrogen-bond donors (Lipinski definition) is 4. The zero-order valence-electron chi connectivity index (χ0n) is 16.2. The number of anilines is 1. The first-order valence-electron chi connectivity index (χ1n) is 9.14. The van der Waals surface area contributed by atoms with Crippen LogP contribution in [-0.2, 0) is 4.79 Å². The number of fused-ring (bicyclic) bond motifs is 1. The first kappa shape index (κ1) is 21.2. The van der Waals surface area contributed by atoms with Crippen LogP contribution in [0.3, 0.4) is 0 Å². The van der Waals surface area contributed by atoms with E-state index in [4.69, 9.17) is 0 Å². The highest BCUT2D eigenvalue weighted by molar-refractivity contribution is 5.83. The first-order chi connectivity index (χ1) is 14.3. The zero-order valence-corrected chi connectivity index (χ0v) is 16.2. The highest BCUT2D eigenvalue weighted by atomic mass is 19.1. The van der Waals surface area contributed by atoms with Gasteiger partial charge in [0.1, 0.15) is 11.9 Å². The van der Waals surface area contributed by atoms with Gasteiger partial charge in [-0.05, 0) is 36.6 Å². The number of aliphatic hydroxyl groups is 2. The number of carbonyl (C=O) groups is 1. The van der Waals surface area contributed by atoms with E-state index in [2.05, 4.69) is 32.1 Å². The van der Waals surface area contributed by atoms with Crippen LogP contribution in [0.25, 0.3) is 11.2 Å². The van der Waals surface area contributed by atoms with E-state index in [0.717, 1.165) is 0 Å². The molecule has 30 heavy (non-hydrogen) atoms. The van der Waals surface area contributed by atoms with Gasteiger partial charge >= 0.3 is 5.97 Å². The Morgan fingerprint density at radius 3 is 2.53 bits per heavy atom. The summed E-state index contributed by atoms with van der Waals surface area (Å²) in [7, 11) is 1.63. The van der Waals surface area contributed by atoms with Gasteiger partial charge < -0.3 is 20.6 Å². The molecule has 2 heterocycles. The van der Waals surface area contributed by atoms with E-state index in [0.29, 0.717) is 16.9 Å². The van der Waals surface area contributed by atoms with E-state index in [-0.39, 0.29) is 23.7 Å². The molecule has 3 atom stereocenters. The number of carboxylic acid groups (broad SMARTS) is 1. The van der Waals surface area contributed by atoms with Crippen LogP contribution < -0.4 is 5.32 Å². The summed E-state index contributed by atoms with van der Waals surface area (Å²) in [5, 5.41) is 33.0. The van der Waals surface area contributed by atoms with Gasteiger partial charge in [-0.2, -0.15) is 0 Å². The molecule has 0 amide bonds. The average Bonchev–Trinajstić information content (AvgIpc) is 3.16. The molecule has 4 N–H and O–H groups in total. The van der Waals surface area contributed by atoms with Crippen LogP contribution in [0.4, 0.5) is 10.2 Å². The van der Waals surface area contributed by atoms with Crippen LogP contribution in [0, 0.1) is 23.6 Å². The SMILES string of the molecule is CC[C@H](C(=O)O)[C@@H](O)[C@@H](O)n1cnc2c(NC)nc(C#Cc3ccc(F)cc3)nc21. The predicted molar refractivity (Wildman–Crippen MR) is 106 cm³/mol. The van der Waals surface area contributed by atoms with E-state index >= 15 is 0 Å². The molecule has 0 bridgehead atoms. The molecule has 0 aliphatic heterocycles. The standard InChI is InChI=1S/C20H20FN5O4/c1-3-13(20(29)30)16(27)19(28)26-10-23-15-17(22-2)24-14(25-18(15)26)9-6-11-4-7-12(21)8-5-11/h4-5,7-8,10,13,16,19,27-28H,3H2,1-2H3,(H,29,30)(H,22,24,25)/t13-,16+,19+/m0/s1. The number of imidazole rings is 1. The third-order valence-electron chi connectivity index (χ3n) is 4.58. The number of aromatic nitrogens is 4. The number of hydrogen-bond acceptors (Lipinski definition) is 7. The smallest absolute Gasteiger partial charge is 0.309 e. The van der Waals surface area contributed by atoms with Crippen molar-refractivity contribution in [1.29, 1.82) is 0 Å². The fourth-order valence-electron chi connectivity index (χ4n) is 2.94. The molecule has 0 fully saturated rings. The number of halogens is 1. The van der Waals surface area contributed by atoms with Crippen molar-refractivity contribution in [1.82, 2.24) is 19.5 Å². The maximum Gasteiger partial charge on any atom is 0.309 e. The molecule has 3 aromatic rings. The lowest BCUT2D eigenvalue weighted by atomic mass is 9.98. The van der Waals surface area contributed by atoms with E-state index in [1.165, 1.54) is 35.2 Å². The Bertz CT molecular complexity index is 1120. The minimum absolute atomic E-state index is 0.102. The van der Waals surface area contributed by atoms with E-state index in [1.807, 2.05) is 0 Å². The largest absolute Gasteiger partial charge is 0.481 e. The third kappa shape index (κ3) is 4.22. The second kappa shape index (κ2) is 8.86. The van der Waals surface area contributed by atoms with Gasteiger partial charge in [-0.15, -0.1) is 0 Å². The fraction of sp³-hybridized carbons (Fsp3) is 0.300. The number of rotatable bonds is 6. The molecule has 0 radical (unpaired) electrons. The van der Waals surface area contributed by atoms with Gasteiger partial charge in [0.15, 0.2) is 23.2 Å². The van der Waals surface area contributed by atoms with Crippen LogP contribution in [0.5, 0.6) is 0 Å². The monoisotopic (exact) mass is 413 g/mol. The summed E-state index contributed by atoms with van der Waals surface area (Å²) in [6, 6.07) is 5.60. The Balaban J connectivity index is 2.03. The Kier molecular flexibility index (Phi) is 6.25. The zero-order chi connectivity index (χ0) is 21.8. The normalized spacial score (nSPS) is 13.9. The molecular formula is C20H20FN5O4. The summed E-state index contributed by atoms with van der Waals surface area (Å²) in [6.45, 7) is 1.60. The summed E-state index contributed by atoms with van der Waals surface area (Å²) >= 11 is 0. The minimum atomic E-state index is -1.59. The van der Waals surface area contributed by atoms with E-state index in [1.54, 1.807) is 14.0 Å². The van der Waals surface area contributed by atoms with Crippen molar-refractivity contribution in [2.24, 2.45) is 5.92 Å². The van der Waals surface area contributed by atoms with Crippen LogP contribution in [0.15, 0.2) is 30.6 Å². The van der Waals surface area contributed by atoms with Gasteiger partial charge in [0, 0.05) is 12.6 Å². The summed E-state index contributed by atoms with van der Waals surface area (Å²) in [5.41, 5.74) is 1.05. The molecule has 3 rings (SSSR count). The molecule has 156 valence electrons. The summed E-state index contributed by atoms with van der Waals surface area (Å²) in [5.74, 6) is 3.28. The van der Waals surface area contributed by atoms with Crippen molar-refractivity contribution in [2.75, 3.05) is 12.4 Å². The van der Waals surface area contributed by atoms with E-state index in [9.17, 15) is 24.5 Å². The lowest BCUT2D eigenvalue weighted by molar-refractivity contribution is -0.152. The number of aliphatic carboxylic acids is 1. The topological polar surface area (TPSA) is 133 Å². The number of nitrogens with one attached hydrogen (secondary N) is 1. The molecule has 0 unspecified atom stereocenters. The van der Waals surface area contributed by atoms with Crippen LogP contribution in [0.1, 0.15) is 31.0 Å². The van der Waals surface area contributed by atoms with Crippen LogP contribution >= 0.6 is 0 Å². The third-order valence-corrected chi connectivity index (χ3v) is 4.58. The second-order valence-electron chi connectivity index (χ2n) is 6.48. The van der Waals surface area contributed by atoms with Crippen molar-refractivity contribution in [3.8, 4) is 11.8 Å². The van der Waals surface area contributed by atoms with Gasteiger partial charge in [0.25, 0.3) is 0 Å². The number of aliphatic hydroxyl groups excluding tert-OH is 2. The molecule has 9 nitrogen and oxygen atoms in total. The first-order valence-corrected chi connectivity index (χ1v) is 9.14. The van der Waals surface area contributed by atoms with Gasteiger partial charge in [-0.3, -0.25) is 9.36 Å². The molecule has 0 aliphatic carbocycles. The van der Waals surface area contributed by atoms with Gasteiger partial charge in [-0.25, -0.2) is 19.3 Å². The van der Waals surface area contributed by atoms with Gasteiger partial charge in [-0.1, -0.05) is 12.8 Å². The highest BCUT2D eigenvalue weighted by Gasteiger charge is 2.32. The van der Waals surface area contributed by atoms with Crippen molar-refractivity contribution in [3.05, 3.63) is 47.8 Å². The number of carboxylic acids is 1. The lowest BCUT2D eigenvalue weighted by Crippen LogP contribution is -2.35. The molecular weight excluding hydrogens is 393 g/mol. The number of benzene rings is 1. The van der Waals surface area contributed by atoms with Crippen LogP contribution in [0.2, 0.25) is 0 Å². The summed E-state index contributed by atoms with van der Waals surface area (Å²) in [6.07, 6.45) is -1.79. The molecule has 0 saturated carbocycles. The fourth-order valence-corrected chi connectivity index (χ4v) is 2.94. The Morgan fingerprint density at radius 2 is 1.93 bits per heavy atom. The summed E-state index contributed by atoms with van der Waals surface area (Å²) < 4.78 is 14.2. The number of nitrogens with zero attached hydrogens (tertiary/aromatic N) is 4. The molecule has 0 aliphatic rings. The van der Waals surface area contributed by atoms with Crippen molar-refractivity contribution in [3.63, 3.8) is 0 Å². The minimum Gasteiger partial charge on any atom is -0.481 e.